The molecule has 0 fully saturated rings. The maximum atomic E-state index is 11.4. The van der Waals surface area contributed by atoms with Crippen LogP contribution in [0.2, 0.25) is 5.02 Å². The van der Waals surface area contributed by atoms with Gasteiger partial charge in [0.2, 0.25) is 0 Å². The van der Waals surface area contributed by atoms with Crippen molar-refractivity contribution in [1.29, 1.82) is 0 Å². The highest BCUT2D eigenvalue weighted by Crippen LogP contribution is 2.24. The molecule has 0 bridgehead atoms. The van der Waals surface area contributed by atoms with Crippen LogP contribution in [0.4, 0.5) is 0 Å². The van der Waals surface area contributed by atoms with Gasteiger partial charge in [0.25, 0.3) is 5.56 Å². The molecule has 1 unspecified atom stereocenters. The van der Waals surface area contributed by atoms with Gasteiger partial charge in [-0.1, -0.05) is 11.6 Å². The first-order valence-electron chi connectivity index (χ1n) is 3.59. The first kappa shape index (κ1) is 12.2. The number of aromatic nitrogens is 2. The molecule has 0 aliphatic rings. The van der Waals surface area contributed by atoms with Crippen molar-refractivity contribution in [2.75, 3.05) is 13.2 Å². The number of aliphatic hydroxyl groups excluding tert-OH is 1. The monoisotopic (exact) mass is 348 g/mol. The number of hydrogen-bond donors (Lipinski definition) is 1. The van der Waals surface area contributed by atoms with Crippen molar-refractivity contribution in [3.8, 4) is 5.75 Å². The van der Waals surface area contributed by atoms with E-state index in [4.69, 9.17) is 21.4 Å². The molecule has 8 heteroatoms. The maximum absolute atomic E-state index is 11.4. The summed E-state index contributed by atoms with van der Waals surface area (Å²) < 4.78 is 6.25. The molecule has 1 heterocycles. The molecule has 1 aromatic rings. The highest BCUT2D eigenvalue weighted by Gasteiger charge is 2.09. The van der Waals surface area contributed by atoms with Crippen molar-refractivity contribution < 1.29 is 9.84 Å². The van der Waals surface area contributed by atoms with E-state index in [0.717, 1.165) is 0 Å². The second-order valence-electron chi connectivity index (χ2n) is 2.20. The fourth-order valence-corrected chi connectivity index (χ4v) is 2.31. The summed E-state index contributed by atoms with van der Waals surface area (Å²) in [7, 11) is 0. The third kappa shape index (κ3) is 2.79. The summed E-state index contributed by atoms with van der Waals surface area (Å²) in [5, 5.41) is 12.3. The lowest BCUT2D eigenvalue weighted by molar-refractivity contribution is 0.200. The maximum Gasteiger partial charge on any atom is 0.293 e. The van der Waals surface area contributed by atoms with Gasteiger partial charge >= 0.3 is 0 Å². The topological polar surface area (TPSA) is 64.3 Å². The largest absolute Gasteiger partial charge is 0.488 e. The molecule has 1 aromatic heterocycles. The van der Waals surface area contributed by atoms with Gasteiger partial charge in [-0.3, -0.25) is 4.79 Å². The van der Waals surface area contributed by atoms with Crippen LogP contribution >= 0.6 is 40.0 Å². The van der Waals surface area contributed by atoms with Crippen molar-refractivity contribution in [2.24, 2.45) is 0 Å². The molecule has 0 saturated carbocycles. The second-order valence-corrected chi connectivity index (χ2v) is 4.61. The van der Waals surface area contributed by atoms with Crippen LogP contribution in [0.25, 0.3) is 0 Å². The third-order valence-electron chi connectivity index (χ3n) is 1.32. The van der Waals surface area contributed by atoms with Crippen LogP contribution in [-0.4, -0.2) is 27.9 Å². The van der Waals surface area contributed by atoms with Gasteiger partial charge < -0.3 is 9.84 Å². The SMILES string of the molecule is O=c1c(Cl)c(OCCO)cnn1PI. The van der Waals surface area contributed by atoms with Crippen LogP contribution in [0.3, 0.4) is 0 Å². The van der Waals surface area contributed by atoms with Gasteiger partial charge in [-0.05, 0) is 22.0 Å². The molecule has 0 aliphatic carbocycles. The number of nitrogens with zero attached hydrogens (tertiary/aromatic N) is 2. The zero-order valence-corrected chi connectivity index (χ0v) is 10.8. The van der Waals surface area contributed by atoms with E-state index in [9.17, 15) is 4.79 Å². The third-order valence-corrected chi connectivity index (χ3v) is 3.51. The van der Waals surface area contributed by atoms with Gasteiger partial charge in [-0.2, -0.15) is 5.10 Å². The molecule has 0 spiro atoms. The Morgan fingerprint density at radius 1 is 1.79 bits per heavy atom. The lowest BCUT2D eigenvalue weighted by atomic mass is 10.5. The molecular weight excluding hydrogens is 341 g/mol. The van der Waals surface area contributed by atoms with E-state index in [1.165, 1.54) is 10.6 Å². The summed E-state index contributed by atoms with van der Waals surface area (Å²) in [5.41, 5.74) is -0.380. The van der Waals surface area contributed by atoms with E-state index in [-0.39, 0.29) is 35.9 Å². The van der Waals surface area contributed by atoms with Crippen molar-refractivity contribution in [3.05, 3.63) is 21.6 Å². The molecule has 1 N–H and O–H groups in total. The lowest BCUT2D eigenvalue weighted by Crippen LogP contribution is -2.17. The van der Waals surface area contributed by atoms with E-state index in [2.05, 4.69) is 5.10 Å². The highest BCUT2D eigenvalue weighted by atomic mass is 127. The Morgan fingerprint density at radius 2 is 2.50 bits per heavy atom. The summed E-state index contributed by atoms with van der Waals surface area (Å²) in [6, 6.07) is 0. The summed E-state index contributed by atoms with van der Waals surface area (Å²) in [6.45, 7) is -0.0369. The summed E-state index contributed by atoms with van der Waals surface area (Å²) in [5.74, 6) is 0.205. The molecule has 0 saturated heterocycles. The first-order chi connectivity index (χ1) is 6.70. The van der Waals surface area contributed by atoms with Crippen LogP contribution in [0.5, 0.6) is 5.75 Å². The van der Waals surface area contributed by atoms with Gasteiger partial charge in [0.1, 0.15) is 6.61 Å². The molecule has 14 heavy (non-hydrogen) atoms. The van der Waals surface area contributed by atoms with Crippen LogP contribution in [-0.2, 0) is 0 Å². The van der Waals surface area contributed by atoms with Crippen molar-refractivity contribution in [3.63, 3.8) is 0 Å². The van der Waals surface area contributed by atoms with Gasteiger partial charge in [0.05, 0.1) is 19.2 Å². The molecule has 0 aromatic carbocycles. The zero-order valence-electron chi connectivity index (χ0n) is 6.91. The molecule has 0 aliphatic heterocycles. The predicted molar refractivity (Wildman–Crippen MR) is 63.8 cm³/mol. The fraction of sp³-hybridized carbons (Fsp3) is 0.333. The Bertz CT molecular complexity index is 373. The predicted octanol–water partition coefficient (Wildman–Crippen LogP) is 1.06. The standard InChI is InChI=1S/C6H7ClIN2O3P/c7-5-4(13-2-1-11)3-9-10(14-8)6(5)12/h3,11,14H,1-2H2. The van der Waals surface area contributed by atoms with E-state index >= 15 is 0 Å². The average molecular weight is 348 g/mol. The zero-order chi connectivity index (χ0) is 10.6. The van der Waals surface area contributed by atoms with Crippen LogP contribution in [0, 0.1) is 0 Å². The Morgan fingerprint density at radius 3 is 3.07 bits per heavy atom. The minimum Gasteiger partial charge on any atom is -0.488 e. The van der Waals surface area contributed by atoms with Gasteiger partial charge in [0, 0.05) is 0 Å². The van der Waals surface area contributed by atoms with Crippen LogP contribution in [0.15, 0.2) is 11.0 Å². The normalized spacial score (nSPS) is 11.1. The van der Waals surface area contributed by atoms with E-state index in [0.29, 0.717) is 0 Å². The van der Waals surface area contributed by atoms with Crippen molar-refractivity contribution in [2.45, 2.75) is 0 Å². The van der Waals surface area contributed by atoms with E-state index < -0.39 is 0 Å². The van der Waals surface area contributed by atoms with Crippen LogP contribution in [0.1, 0.15) is 0 Å². The molecule has 78 valence electrons. The highest BCUT2D eigenvalue weighted by molar-refractivity contribution is 14.2. The average Bonchev–Trinajstić information content (AvgIpc) is 2.20. The van der Waals surface area contributed by atoms with Crippen molar-refractivity contribution in [1.82, 2.24) is 9.55 Å². The molecule has 5 nitrogen and oxygen atoms in total. The van der Waals surface area contributed by atoms with E-state index in [1.54, 1.807) is 0 Å². The van der Waals surface area contributed by atoms with Crippen LogP contribution < -0.4 is 10.3 Å². The summed E-state index contributed by atoms with van der Waals surface area (Å²) >= 11 is 7.76. The minimum atomic E-state index is -0.380. The second kappa shape index (κ2) is 5.85. The Kier molecular flexibility index (Phi) is 5.08. The van der Waals surface area contributed by atoms with Gasteiger partial charge in [0.15, 0.2) is 10.8 Å². The van der Waals surface area contributed by atoms with Gasteiger partial charge in [-0.15, -0.1) is 0 Å². The smallest absolute Gasteiger partial charge is 0.293 e. The molecular formula is C6H7ClIN2O3P. The molecule has 1 atom stereocenters. The molecule has 0 amide bonds. The summed E-state index contributed by atoms with van der Waals surface area (Å²) in [4.78, 5) is 11.4. The lowest BCUT2D eigenvalue weighted by Gasteiger charge is -2.06. The number of rotatable bonds is 4. The van der Waals surface area contributed by atoms with Gasteiger partial charge in [-0.25, -0.2) is 4.45 Å². The number of aliphatic hydroxyl groups is 1. The number of halogens is 2. The Balaban J connectivity index is 2.99. The first-order valence-corrected chi connectivity index (χ1v) is 8.02. The fourth-order valence-electron chi connectivity index (χ4n) is 0.734. The minimum absolute atomic E-state index is 0.00221. The Labute approximate surface area is 99.7 Å². The quantitative estimate of drug-likeness (QED) is 0.653. The summed E-state index contributed by atoms with van der Waals surface area (Å²) in [6.07, 6.45) is 1.56. The number of ether oxygens (including phenoxy) is 1. The molecule has 0 radical (unpaired) electrons. The molecule has 1 rings (SSSR count). The van der Waals surface area contributed by atoms with Crippen molar-refractivity contribution >= 4 is 40.0 Å². The Hall–Kier alpha value is 0.0900. The number of hydrogen-bond acceptors (Lipinski definition) is 4. The van der Waals surface area contributed by atoms with E-state index in [1.807, 2.05) is 22.0 Å².